The van der Waals surface area contributed by atoms with E-state index in [0.717, 1.165) is 31.6 Å². The van der Waals surface area contributed by atoms with Gasteiger partial charge in [0.2, 0.25) is 5.91 Å². The molecule has 0 spiro atoms. The first-order chi connectivity index (χ1) is 8.62. The van der Waals surface area contributed by atoms with Crippen molar-refractivity contribution in [3.05, 3.63) is 30.1 Å². The zero-order valence-electron chi connectivity index (χ0n) is 11.1. The number of amides is 1. The van der Waals surface area contributed by atoms with Crippen molar-refractivity contribution in [2.75, 3.05) is 13.1 Å². The summed E-state index contributed by atoms with van der Waals surface area (Å²) in [6, 6.07) is 5.71. The molecule has 4 heteroatoms. The number of piperidine rings is 1. The topological polar surface area (TPSA) is 54.0 Å². The van der Waals surface area contributed by atoms with Crippen LogP contribution >= 0.6 is 0 Å². The summed E-state index contributed by atoms with van der Waals surface area (Å²) < 4.78 is 0. The summed E-state index contributed by atoms with van der Waals surface area (Å²) in [6.07, 6.45) is 3.75. The van der Waals surface area contributed by atoms with Crippen LogP contribution in [0.3, 0.4) is 0 Å². The Bertz CT molecular complexity index is 399. The summed E-state index contributed by atoms with van der Waals surface area (Å²) in [5, 5.41) is 6.36. The van der Waals surface area contributed by atoms with E-state index in [-0.39, 0.29) is 17.4 Å². The maximum absolute atomic E-state index is 12.3. The molecule has 1 aliphatic heterocycles. The van der Waals surface area contributed by atoms with Gasteiger partial charge in [-0.15, -0.1) is 0 Å². The number of nitrogens with one attached hydrogen (secondary N) is 2. The quantitative estimate of drug-likeness (QED) is 0.854. The van der Waals surface area contributed by atoms with Gasteiger partial charge in [-0.1, -0.05) is 6.07 Å². The lowest BCUT2D eigenvalue weighted by Crippen LogP contribution is -2.49. The monoisotopic (exact) mass is 247 g/mol. The van der Waals surface area contributed by atoms with Crippen LogP contribution in [0, 0.1) is 5.41 Å². The Morgan fingerprint density at radius 2 is 2.39 bits per heavy atom. The third-order valence-corrected chi connectivity index (χ3v) is 3.62. The molecule has 2 rings (SSSR count). The summed E-state index contributed by atoms with van der Waals surface area (Å²) in [7, 11) is 0. The van der Waals surface area contributed by atoms with E-state index >= 15 is 0 Å². The molecule has 1 fully saturated rings. The Morgan fingerprint density at radius 3 is 3.00 bits per heavy atom. The maximum atomic E-state index is 12.3. The van der Waals surface area contributed by atoms with Crippen LogP contribution in [0.2, 0.25) is 0 Å². The predicted octanol–water partition coefficient (Wildman–Crippen LogP) is 1.65. The van der Waals surface area contributed by atoms with Crippen molar-refractivity contribution >= 4 is 5.91 Å². The molecule has 0 aliphatic carbocycles. The Morgan fingerprint density at radius 1 is 1.56 bits per heavy atom. The molecule has 4 nitrogen and oxygen atoms in total. The Labute approximate surface area is 108 Å². The molecule has 2 atom stereocenters. The predicted molar refractivity (Wildman–Crippen MR) is 71.0 cm³/mol. The van der Waals surface area contributed by atoms with Crippen LogP contribution in [0.5, 0.6) is 0 Å². The molecular weight excluding hydrogens is 226 g/mol. The summed E-state index contributed by atoms with van der Waals surface area (Å²) in [5.41, 5.74) is 0.611. The molecule has 0 radical (unpaired) electrons. The average molecular weight is 247 g/mol. The van der Waals surface area contributed by atoms with Crippen LogP contribution in [-0.4, -0.2) is 24.0 Å². The fourth-order valence-corrected chi connectivity index (χ4v) is 2.33. The number of rotatable bonds is 3. The van der Waals surface area contributed by atoms with Gasteiger partial charge in [-0.25, -0.2) is 0 Å². The minimum Gasteiger partial charge on any atom is -0.347 e. The third-order valence-electron chi connectivity index (χ3n) is 3.62. The van der Waals surface area contributed by atoms with E-state index < -0.39 is 0 Å². The Balaban J connectivity index is 1.98. The van der Waals surface area contributed by atoms with Gasteiger partial charge in [0.1, 0.15) is 0 Å². The highest BCUT2D eigenvalue weighted by molar-refractivity contribution is 5.83. The van der Waals surface area contributed by atoms with Crippen LogP contribution in [0.25, 0.3) is 0 Å². The standard InChI is InChI=1S/C14H21N3O/c1-11(12-6-3-4-9-16-12)17-13(18)14(2)7-5-8-15-10-14/h3-4,6,9,11,15H,5,7-8,10H2,1-2H3,(H,17,18). The van der Waals surface area contributed by atoms with Gasteiger partial charge in [0.15, 0.2) is 0 Å². The summed E-state index contributed by atoms with van der Waals surface area (Å²) >= 11 is 0. The fourth-order valence-electron chi connectivity index (χ4n) is 2.33. The van der Waals surface area contributed by atoms with Crippen LogP contribution < -0.4 is 10.6 Å². The number of nitrogens with zero attached hydrogens (tertiary/aromatic N) is 1. The number of carbonyl (C=O) groups is 1. The normalized spacial score (nSPS) is 25.4. The summed E-state index contributed by atoms with van der Waals surface area (Å²) in [6.45, 7) is 5.77. The minimum absolute atomic E-state index is 0.0440. The average Bonchev–Trinajstić information content (AvgIpc) is 2.40. The Kier molecular flexibility index (Phi) is 3.97. The van der Waals surface area contributed by atoms with Gasteiger partial charge in [-0.2, -0.15) is 0 Å². The van der Waals surface area contributed by atoms with E-state index in [1.807, 2.05) is 32.0 Å². The lowest BCUT2D eigenvalue weighted by molar-refractivity contribution is -0.131. The number of pyridine rings is 1. The van der Waals surface area contributed by atoms with Gasteiger partial charge >= 0.3 is 0 Å². The molecule has 0 saturated carbocycles. The molecular formula is C14H21N3O. The first kappa shape index (κ1) is 13.0. The minimum atomic E-state index is -0.290. The Hall–Kier alpha value is -1.42. The van der Waals surface area contributed by atoms with Crippen LogP contribution in [0.15, 0.2) is 24.4 Å². The first-order valence-corrected chi connectivity index (χ1v) is 6.54. The molecule has 98 valence electrons. The first-order valence-electron chi connectivity index (χ1n) is 6.54. The molecule has 2 heterocycles. The van der Waals surface area contributed by atoms with Gasteiger partial charge in [-0.05, 0) is 45.4 Å². The van der Waals surface area contributed by atoms with Crippen molar-refractivity contribution in [3.8, 4) is 0 Å². The molecule has 2 N–H and O–H groups in total. The summed E-state index contributed by atoms with van der Waals surface area (Å²) in [5.74, 6) is 0.118. The molecule has 1 aromatic rings. The second-order valence-electron chi connectivity index (χ2n) is 5.29. The van der Waals surface area contributed by atoms with Gasteiger partial charge in [0.25, 0.3) is 0 Å². The van der Waals surface area contributed by atoms with E-state index in [9.17, 15) is 4.79 Å². The lowest BCUT2D eigenvalue weighted by Gasteiger charge is -2.33. The van der Waals surface area contributed by atoms with Crippen molar-refractivity contribution in [2.24, 2.45) is 5.41 Å². The van der Waals surface area contributed by atoms with Gasteiger partial charge in [0.05, 0.1) is 17.2 Å². The molecule has 0 aromatic carbocycles. The molecule has 1 aliphatic rings. The highest BCUT2D eigenvalue weighted by Crippen LogP contribution is 2.26. The molecule has 0 bridgehead atoms. The van der Waals surface area contributed by atoms with Crippen molar-refractivity contribution < 1.29 is 4.79 Å². The number of aromatic nitrogens is 1. The zero-order valence-corrected chi connectivity index (χ0v) is 11.1. The molecule has 1 aromatic heterocycles. The zero-order chi connectivity index (χ0) is 13.0. The van der Waals surface area contributed by atoms with Crippen molar-refractivity contribution in [1.82, 2.24) is 15.6 Å². The third kappa shape index (κ3) is 2.88. The van der Waals surface area contributed by atoms with Crippen LogP contribution in [0.4, 0.5) is 0 Å². The number of carbonyl (C=O) groups excluding carboxylic acids is 1. The molecule has 1 amide bonds. The molecule has 1 saturated heterocycles. The van der Waals surface area contributed by atoms with E-state index in [1.54, 1.807) is 6.20 Å². The highest BCUT2D eigenvalue weighted by Gasteiger charge is 2.35. The van der Waals surface area contributed by atoms with E-state index in [1.165, 1.54) is 0 Å². The van der Waals surface area contributed by atoms with Crippen molar-refractivity contribution in [3.63, 3.8) is 0 Å². The smallest absolute Gasteiger partial charge is 0.227 e. The van der Waals surface area contributed by atoms with Gasteiger partial charge < -0.3 is 10.6 Å². The fraction of sp³-hybridized carbons (Fsp3) is 0.571. The van der Waals surface area contributed by atoms with Crippen molar-refractivity contribution in [1.29, 1.82) is 0 Å². The molecule has 18 heavy (non-hydrogen) atoms. The second-order valence-corrected chi connectivity index (χ2v) is 5.29. The van der Waals surface area contributed by atoms with E-state index in [4.69, 9.17) is 0 Å². The summed E-state index contributed by atoms with van der Waals surface area (Å²) in [4.78, 5) is 16.6. The lowest BCUT2D eigenvalue weighted by atomic mass is 9.81. The van der Waals surface area contributed by atoms with Crippen LogP contribution in [0.1, 0.15) is 38.4 Å². The molecule has 2 unspecified atom stereocenters. The number of hydrogen-bond acceptors (Lipinski definition) is 3. The highest BCUT2D eigenvalue weighted by atomic mass is 16.2. The van der Waals surface area contributed by atoms with E-state index in [0.29, 0.717) is 0 Å². The largest absolute Gasteiger partial charge is 0.347 e. The second kappa shape index (κ2) is 5.48. The van der Waals surface area contributed by atoms with Gasteiger partial charge in [-0.3, -0.25) is 9.78 Å². The number of hydrogen-bond donors (Lipinski definition) is 2. The van der Waals surface area contributed by atoms with E-state index in [2.05, 4.69) is 15.6 Å². The SMILES string of the molecule is CC(NC(=O)C1(C)CCCNC1)c1ccccn1. The van der Waals surface area contributed by atoms with Crippen LogP contribution in [-0.2, 0) is 4.79 Å². The maximum Gasteiger partial charge on any atom is 0.227 e. The van der Waals surface area contributed by atoms with Gasteiger partial charge in [0, 0.05) is 12.7 Å². The van der Waals surface area contributed by atoms with Crippen molar-refractivity contribution in [2.45, 2.75) is 32.7 Å².